The highest BCUT2D eigenvalue weighted by Crippen LogP contribution is 2.30. The number of amides is 2. The van der Waals surface area contributed by atoms with Crippen molar-refractivity contribution >= 4 is 12.0 Å². The summed E-state index contributed by atoms with van der Waals surface area (Å²) in [4.78, 5) is 28.9. The van der Waals surface area contributed by atoms with Crippen molar-refractivity contribution in [2.24, 2.45) is 11.8 Å². The second-order valence-electron chi connectivity index (χ2n) is 8.29. The molecule has 0 aliphatic carbocycles. The van der Waals surface area contributed by atoms with E-state index in [1.807, 2.05) is 37.8 Å². The lowest BCUT2D eigenvalue weighted by atomic mass is 9.84. The van der Waals surface area contributed by atoms with Crippen LogP contribution in [0.2, 0.25) is 0 Å². The van der Waals surface area contributed by atoms with Gasteiger partial charge in [0.05, 0.1) is 7.11 Å². The minimum Gasteiger partial charge on any atom is -0.497 e. The SMILES string of the molecule is COc1ccc(C(=O)N2C[C@@H]3C[C@@H](CN(C(=O)OC(C)(C)C)C3)C2)cc1. The normalized spacial score (nSPS) is 22.8. The zero-order valence-electron chi connectivity index (χ0n) is 16.0. The summed E-state index contributed by atoms with van der Waals surface area (Å²) in [6, 6.07) is 7.22. The van der Waals surface area contributed by atoms with E-state index in [4.69, 9.17) is 9.47 Å². The average Bonchev–Trinajstić information content (AvgIpc) is 2.59. The fourth-order valence-electron chi connectivity index (χ4n) is 3.84. The number of carbonyl (C=O) groups is 2. The molecule has 2 heterocycles. The first-order valence-electron chi connectivity index (χ1n) is 9.16. The molecule has 26 heavy (non-hydrogen) atoms. The summed E-state index contributed by atoms with van der Waals surface area (Å²) in [6.45, 7) is 8.30. The van der Waals surface area contributed by atoms with Crippen molar-refractivity contribution in [2.45, 2.75) is 32.8 Å². The Kier molecular flexibility index (Phi) is 5.12. The van der Waals surface area contributed by atoms with Crippen LogP contribution in [0.4, 0.5) is 4.79 Å². The van der Waals surface area contributed by atoms with Gasteiger partial charge in [0.1, 0.15) is 11.4 Å². The summed E-state index contributed by atoms with van der Waals surface area (Å²) in [7, 11) is 1.61. The molecule has 0 N–H and O–H groups in total. The molecule has 3 rings (SSSR count). The number of rotatable bonds is 2. The lowest BCUT2D eigenvalue weighted by Gasteiger charge is -2.45. The van der Waals surface area contributed by atoms with E-state index in [1.54, 1.807) is 24.1 Å². The van der Waals surface area contributed by atoms with Crippen LogP contribution in [0.5, 0.6) is 5.75 Å². The van der Waals surface area contributed by atoms with Gasteiger partial charge in [-0.1, -0.05) is 0 Å². The molecule has 1 aromatic carbocycles. The molecule has 2 aliphatic heterocycles. The second kappa shape index (κ2) is 7.17. The summed E-state index contributed by atoms with van der Waals surface area (Å²) >= 11 is 0. The molecule has 0 aromatic heterocycles. The molecular weight excluding hydrogens is 332 g/mol. The number of likely N-dealkylation sites (tertiary alicyclic amines) is 2. The van der Waals surface area contributed by atoms with E-state index in [1.165, 1.54) is 0 Å². The van der Waals surface area contributed by atoms with E-state index < -0.39 is 5.60 Å². The Labute approximate surface area is 155 Å². The van der Waals surface area contributed by atoms with Crippen molar-refractivity contribution < 1.29 is 19.1 Å². The van der Waals surface area contributed by atoms with Crippen molar-refractivity contribution in [3.63, 3.8) is 0 Å². The van der Waals surface area contributed by atoms with Crippen molar-refractivity contribution in [3.05, 3.63) is 29.8 Å². The highest BCUT2D eigenvalue weighted by Gasteiger charge is 2.38. The second-order valence-corrected chi connectivity index (χ2v) is 8.29. The molecule has 2 aliphatic rings. The van der Waals surface area contributed by atoms with Gasteiger partial charge in [0.25, 0.3) is 5.91 Å². The molecule has 6 nitrogen and oxygen atoms in total. The fourth-order valence-corrected chi connectivity index (χ4v) is 3.84. The quantitative estimate of drug-likeness (QED) is 0.813. The third kappa shape index (κ3) is 4.29. The van der Waals surface area contributed by atoms with Gasteiger partial charge in [0, 0.05) is 31.7 Å². The number of nitrogens with zero attached hydrogens (tertiary/aromatic N) is 2. The third-order valence-corrected chi connectivity index (χ3v) is 4.86. The van der Waals surface area contributed by atoms with Gasteiger partial charge in [-0.3, -0.25) is 4.79 Å². The molecule has 6 heteroatoms. The van der Waals surface area contributed by atoms with Crippen LogP contribution in [-0.2, 0) is 4.74 Å². The van der Waals surface area contributed by atoms with E-state index in [0.29, 0.717) is 43.6 Å². The Morgan fingerprint density at radius 2 is 1.50 bits per heavy atom. The van der Waals surface area contributed by atoms with Gasteiger partial charge in [-0.2, -0.15) is 0 Å². The number of piperidine rings is 2. The topological polar surface area (TPSA) is 59.1 Å². The summed E-state index contributed by atoms with van der Waals surface area (Å²) in [5.74, 6) is 1.40. The highest BCUT2D eigenvalue weighted by atomic mass is 16.6. The Bertz CT molecular complexity index is 651. The van der Waals surface area contributed by atoms with Crippen LogP contribution >= 0.6 is 0 Å². The summed E-state index contributed by atoms with van der Waals surface area (Å²) in [5, 5.41) is 0. The summed E-state index contributed by atoms with van der Waals surface area (Å²) in [5.41, 5.74) is 0.190. The molecule has 2 saturated heterocycles. The predicted octanol–water partition coefficient (Wildman–Crippen LogP) is 3.02. The molecule has 142 valence electrons. The predicted molar refractivity (Wildman–Crippen MR) is 98.3 cm³/mol. The number of carbonyl (C=O) groups excluding carboxylic acids is 2. The van der Waals surface area contributed by atoms with Gasteiger partial charge in [0.2, 0.25) is 0 Å². The van der Waals surface area contributed by atoms with Crippen LogP contribution in [-0.4, -0.2) is 60.7 Å². The largest absolute Gasteiger partial charge is 0.497 e. The number of ether oxygens (including phenoxy) is 2. The number of benzene rings is 1. The molecule has 0 saturated carbocycles. The number of methoxy groups -OCH3 is 1. The van der Waals surface area contributed by atoms with Gasteiger partial charge < -0.3 is 19.3 Å². The van der Waals surface area contributed by atoms with Crippen LogP contribution in [0, 0.1) is 11.8 Å². The molecule has 2 fully saturated rings. The number of hydrogen-bond donors (Lipinski definition) is 0. The van der Waals surface area contributed by atoms with E-state index >= 15 is 0 Å². The van der Waals surface area contributed by atoms with Crippen LogP contribution in [0.3, 0.4) is 0 Å². The first-order valence-corrected chi connectivity index (χ1v) is 9.16. The maximum atomic E-state index is 12.8. The lowest BCUT2D eigenvalue weighted by Crippen LogP contribution is -2.55. The molecule has 0 radical (unpaired) electrons. The molecule has 1 aromatic rings. The molecular formula is C20H28N2O4. The van der Waals surface area contributed by atoms with Crippen molar-refractivity contribution in [1.82, 2.24) is 9.80 Å². The molecule has 2 bridgehead atoms. The van der Waals surface area contributed by atoms with Gasteiger partial charge >= 0.3 is 6.09 Å². The molecule has 2 atom stereocenters. The van der Waals surface area contributed by atoms with Crippen molar-refractivity contribution in [2.75, 3.05) is 33.3 Å². The van der Waals surface area contributed by atoms with E-state index in [0.717, 1.165) is 12.2 Å². The zero-order chi connectivity index (χ0) is 18.9. The molecule has 0 spiro atoms. The van der Waals surface area contributed by atoms with Gasteiger partial charge in [-0.05, 0) is 63.3 Å². The fraction of sp³-hybridized carbons (Fsp3) is 0.600. The standard InChI is InChI=1S/C20H28N2O4/c1-20(2,3)26-19(24)22-12-14-9-15(13-22)11-21(10-14)18(23)16-5-7-17(25-4)8-6-16/h5-8,14-15H,9-13H2,1-4H3/t14-,15+. The zero-order valence-corrected chi connectivity index (χ0v) is 16.0. The lowest BCUT2D eigenvalue weighted by molar-refractivity contribution is -0.00714. The minimum absolute atomic E-state index is 0.0491. The summed E-state index contributed by atoms with van der Waals surface area (Å²) in [6.07, 6.45) is 0.813. The Balaban J connectivity index is 1.62. The number of hydrogen-bond acceptors (Lipinski definition) is 4. The maximum absolute atomic E-state index is 12.8. The Hall–Kier alpha value is -2.24. The highest BCUT2D eigenvalue weighted by molar-refractivity contribution is 5.94. The Morgan fingerprint density at radius 1 is 0.962 bits per heavy atom. The minimum atomic E-state index is -0.486. The van der Waals surface area contributed by atoms with Crippen LogP contribution < -0.4 is 4.74 Å². The smallest absolute Gasteiger partial charge is 0.410 e. The Morgan fingerprint density at radius 3 is 2.00 bits per heavy atom. The monoisotopic (exact) mass is 360 g/mol. The van der Waals surface area contributed by atoms with Crippen molar-refractivity contribution in [1.29, 1.82) is 0 Å². The van der Waals surface area contributed by atoms with E-state index in [2.05, 4.69) is 0 Å². The van der Waals surface area contributed by atoms with Gasteiger partial charge in [0.15, 0.2) is 0 Å². The number of fused-ring (bicyclic) bond motifs is 2. The van der Waals surface area contributed by atoms with E-state index in [-0.39, 0.29) is 12.0 Å². The maximum Gasteiger partial charge on any atom is 0.410 e. The van der Waals surface area contributed by atoms with Crippen LogP contribution in [0.1, 0.15) is 37.6 Å². The summed E-state index contributed by atoms with van der Waals surface area (Å²) < 4.78 is 10.7. The first-order chi connectivity index (χ1) is 12.2. The van der Waals surface area contributed by atoms with Gasteiger partial charge in [-0.25, -0.2) is 4.79 Å². The van der Waals surface area contributed by atoms with Crippen molar-refractivity contribution in [3.8, 4) is 5.75 Å². The third-order valence-electron chi connectivity index (χ3n) is 4.86. The van der Waals surface area contributed by atoms with Crippen LogP contribution in [0.15, 0.2) is 24.3 Å². The van der Waals surface area contributed by atoms with Gasteiger partial charge in [-0.15, -0.1) is 0 Å². The van der Waals surface area contributed by atoms with Crippen LogP contribution in [0.25, 0.3) is 0 Å². The average molecular weight is 360 g/mol. The van der Waals surface area contributed by atoms with E-state index in [9.17, 15) is 9.59 Å². The molecule has 0 unspecified atom stereocenters. The first kappa shape index (κ1) is 18.5. The molecule has 2 amide bonds.